The van der Waals surface area contributed by atoms with Crippen molar-refractivity contribution in [3.05, 3.63) is 39.4 Å². The molecule has 104 valence electrons. The first-order valence-electron chi connectivity index (χ1n) is 5.52. The Morgan fingerprint density at radius 1 is 1.40 bits per heavy atom. The van der Waals surface area contributed by atoms with E-state index in [1.807, 2.05) is 0 Å². The summed E-state index contributed by atoms with van der Waals surface area (Å²) >= 11 is 2.60. The van der Waals surface area contributed by atoms with E-state index in [1.54, 1.807) is 19.1 Å². The van der Waals surface area contributed by atoms with Crippen LogP contribution in [0, 0.1) is 17.0 Å². The minimum Gasteiger partial charge on any atom is -0.300 e. The quantitative estimate of drug-likeness (QED) is 0.517. The van der Waals surface area contributed by atoms with Crippen molar-refractivity contribution in [1.29, 1.82) is 0 Å². The molecule has 9 heteroatoms. The Hall–Kier alpha value is -2.00. The summed E-state index contributed by atoms with van der Waals surface area (Å²) in [6.45, 7) is 1.80. The molecule has 0 bridgehead atoms. The Kier molecular flexibility index (Phi) is 4.64. The first-order chi connectivity index (χ1) is 9.54. The third-order valence-electron chi connectivity index (χ3n) is 2.19. The summed E-state index contributed by atoms with van der Waals surface area (Å²) in [5.41, 5.74) is 0.0307. The molecule has 0 aliphatic carbocycles. The predicted octanol–water partition coefficient (Wildman–Crippen LogP) is 2.49. The maximum absolute atomic E-state index is 11.7. The Morgan fingerprint density at radius 3 is 2.65 bits per heavy atom. The third-order valence-corrected chi connectivity index (χ3v) is 3.96. The molecule has 20 heavy (non-hydrogen) atoms. The van der Waals surface area contributed by atoms with Crippen molar-refractivity contribution < 1.29 is 9.72 Å². The number of benzene rings is 1. The zero-order valence-corrected chi connectivity index (χ0v) is 12.0. The Balaban J connectivity index is 1.85. The van der Waals surface area contributed by atoms with Gasteiger partial charge in [-0.25, -0.2) is 0 Å². The molecule has 0 spiro atoms. The molecule has 0 saturated carbocycles. The standard InChI is InChI=1S/C11H10N4O3S2/c1-7-13-14-11(20-7)12-10(16)6-19-9-4-2-8(3-5-9)15(17)18/h2-5H,6H2,1H3,(H,12,14,16). The first kappa shape index (κ1) is 14.4. The fourth-order valence-corrected chi connectivity index (χ4v) is 2.62. The van der Waals surface area contributed by atoms with Crippen LogP contribution >= 0.6 is 23.1 Å². The van der Waals surface area contributed by atoms with Crippen LogP contribution < -0.4 is 5.32 Å². The molecule has 1 N–H and O–H groups in total. The van der Waals surface area contributed by atoms with Gasteiger partial charge in [0.05, 0.1) is 10.7 Å². The number of hydrogen-bond donors (Lipinski definition) is 1. The van der Waals surface area contributed by atoms with E-state index >= 15 is 0 Å². The highest BCUT2D eigenvalue weighted by Crippen LogP contribution is 2.22. The molecule has 0 radical (unpaired) electrons. The number of thioether (sulfide) groups is 1. The fourth-order valence-electron chi connectivity index (χ4n) is 1.32. The van der Waals surface area contributed by atoms with Crippen molar-refractivity contribution in [2.45, 2.75) is 11.8 Å². The van der Waals surface area contributed by atoms with Gasteiger partial charge in [0, 0.05) is 17.0 Å². The number of aromatic nitrogens is 2. The van der Waals surface area contributed by atoms with Crippen LogP contribution in [0.1, 0.15) is 5.01 Å². The van der Waals surface area contributed by atoms with Crippen LogP contribution in [0.25, 0.3) is 0 Å². The lowest BCUT2D eigenvalue weighted by atomic mass is 10.3. The van der Waals surface area contributed by atoms with Crippen LogP contribution in [-0.2, 0) is 4.79 Å². The molecule has 0 saturated heterocycles. The molecule has 0 fully saturated rings. The van der Waals surface area contributed by atoms with Crippen molar-refractivity contribution in [1.82, 2.24) is 10.2 Å². The monoisotopic (exact) mass is 310 g/mol. The van der Waals surface area contributed by atoms with Crippen LogP contribution in [0.3, 0.4) is 0 Å². The van der Waals surface area contributed by atoms with Crippen molar-refractivity contribution in [2.24, 2.45) is 0 Å². The number of anilines is 1. The van der Waals surface area contributed by atoms with Gasteiger partial charge in [-0.3, -0.25) is 20.2 Å². The summed E-state index contributed by atoms with van der Waals surface area (Å²) in [7, 11) is 0. The summed E-state index contributed by atoms with van der Waals surface area (Å²) in [4.78, 5) is 22.5. The zero-order chi connectivity index (χ0) is 14.5. The number of nitro groups is 1. The number of carbonyl (C=O) groups is 1. The molecule has 2 aromatic rings. The van der Waals surface area contributed by atoms with E-state index in [-0.39, 0.29) is 17.3 Å². The average molecular weight is 310 g/mol. The molecule has 1 heterocycles. The molecule has 0 aliphatic heterocycles. The van der Waals surface area contributed by atoms with Crippen LogP contribution in [0.2, 0.25) is 0 Å². The molecule has 1 aromatic heterocycles. The predicted molar refractivity (Wildman–Crippen MR) is 77.1 cm³/mol. The third kappa shape index (κ3) is 4.00. The highest BCUT2D eigenvalue weighted by atomic mass is 32.2. The molecular weight excluding hydrogens is 300 g/mol. The smallest absolute Gasteiger partial charge is 0.269 e. The number of nitrogens with zero attached hydrogens (tertiary/aromatic N) is 3. The Labute approximate surface area is 122 Å². The van der Waals surface area contributed by atoms with Crippen LogP contribution in [0.5, 0.6) is 0 Å². The number of aryl methyl sites for hydroxylation is 1. The van der Waals surface area contributed by atoms with E-state index in [4.69, 9.17) is 0 Å². The Morgan fingerprint density at radius 2 is 2.10 bits per heavy atom. The van der Waals surface area contributed by atoms with Gasteiger partial charge in [-0.1, -0.05) is 11.3 Å². The van der Waals surface area contributed by atoms with E-state index in [0.717, 1.165) is 9.90 Å². The lowest BCUT2D eigenvalue weighted by Crippen LogP contribution is -2.13. The van der Waals surface area contributed by atoms with Gasteiger partial charge in [-0.05, 0) is 19.1 Å². The minimum absolute atomic E-state index is 0.0307. The molecule has 0 aliphatic rings. The highest BCUT2D eigenvalue weighted by Gasteiger charge is 2.08. The summed E-state index contributed by atoms with van der Waals surface area (Å²) in [5, 5.41) is 22.0. The number of rotatable bonds is 5. The van der Waals surface area contributed by atoms with Gasteiger partial charge in [0.25, 0.3) is 5.69 Å². The molecule has 0 unspecified atom stereocenters. The second-order valence-electron chi connectivity index (χ2n) is 3.71. The number of non-ortho nitro benzene ring substituents is 1. The number of nitrogens with one attached hydrogen (secondary N) is 1. The average Bonchev–Trinajstić information content (AvgIpc) is 2.82. The summed E-state index contributed by atoms with van der Waals surface area (Å²) < 4.78 is 0. The SMILES string of the molecule is Cc1nnc(NC(=O)CSc2ccc([N+](=O)[O-])cc2)s1. The molecular formula is C11H10N4O3S2. The molecule has 7 nitrogen and oxygen atoms in total. The van der Waals surface area contributed by atoms with Gasteiger partial charge in [0.2, 0.25) is 11.0 Å². The summed E-state index contributed by atoms with van der Waals surface area (Å²) in [6, 6.07) is 6.05. The number of nitro benzene ring substituents is 1. The zero-order valence-electron chi connectivity index (χ0n) is 10.4. The summed E-state index contributed by atoms with van der Waals surface area (Å²) in [6.07, 6.45) is 0. The van der Waals surface area contributed by atoms with Gasteiger partial charge in [0.1, 0.15) is 5.01 Å². The van der Waals surface area contributed by atoms with E-state index in [9.17, 15) is 14.9 Å². The van der Waals surface area contributed by atoms with Crippen LogP contribution in [0.4, 0.5) is 10.8 Å². The topological polar surface area (TPSA) is 98.0 Å². The van der Waals surface area contributed by atoms with Gasteiger partial charge in [-0.15, -0.1) is 22.0 Å². The second-order valence-corrected chi connectivity index (χ2v) is 5.94. The first-order valence-corrected chi connectivity index (χ1v) is 7.32. The van der Waals surface area contributed by atoms with E-state index < -0.39 is 4.92 Å². The van der Waals surface area contributed by atoms with Crippen molar-refractivity contribution in [3.8, 4) is 0 Å². The highest BCUT2D eigenvalue weighted by molar-refractivity contribution is 8.00. The van der Waals surface area contributed by atoms with Crippen LogP contribution in [0.15, 0.2) is 29.2 Å². The van der Waals surface area contributed by atoms with Gasteiger partial charge >= 0.3 is 0 Å². The Bertz CT molecular complexity index is 627. The van der Waals surface area contributed by atoms with Gasteiger partial charge < -0.3 is 0 Å². The van der Waals surface area contributed by atoms with Crippen molar-refractivity contribution in [3.63, 3.8) is 0 Å². The van der Waals surface area contributed by atoms with E-state index in [2.05, 4.69) is 15.5 Å². The van der Waals surface area contributed by atoms with Crippen molar-refractivity contribution in [2.75, 3.05) is 11.1 Å². The number of amides is 1. The van der Waals surface area contributed by atoms with Crippen molar-refractivity contribution >= 4 is 39.8 Å². The second kappa shape index (κ2) is 6.44. The fraction of sp³-hybridized carbons (Fsp3) is 0.182. The summed E-state index contributed by atoms with van der Waals surface area (Å²) in [5.74, 6) is 0.0145. The lowest BCUT2D eigenvalue weighted by molar-refractivity contribution is -0.384. The largest absolute Gasteiger partial charge is 0.300 e. The normalized spacial score (nSPS) is 10.2. The minimum atomic E-state index is -0.459. The molecule has 1 amide bonds. The molecule has 2 rings (SSSR count). The molecule has 0 atom stereocenters. The van der Waals surface area contributed by atoms with Gasteiger partial charge in [-0.2, -0.15) is 0 Å². The number of hydrogen-bond acceptors (Lipinski definition) is 7. The van der Waals surface area contributed by atoms with Crippen LogP contribution in [-0.4, -0.2) is 26.8 Å². The maximum atomic E-state index is 11.7. The maximum Gasteiger partial charge on any atom is 0.269 e. The number of carbonyl (C=O) groups excluding carboxylic acids is 1. The van der Waals surface area contributed by atoms with E-state index in [0.29, 0.717) is 5.13 Å². The molecule has 1 aromatic carbocycles. The van der Waals surface area contributed by atoms with Gasteiger partial charge in [0.15, 0.2) is 0 Å². The van der Waals surface area contributed by atoms with E-state index in [1.165, 1.54) is 35.2 Å². The lowest BCUT2D eigenvalue weighted by Gasteiger charge is -2.01.